The fourth-order valence-corrected chi connectivity index (χ4v) is 2.59. The summed E-state index contributed by atoms with van der Waals surface area (Å²) < 4.78 is 0. The highest BCUT2D eigenvalue weighted by atomic mass is 32.1. The Morgan fingerprint density at radius 1 is 1.69 bits per heavy atom. The van der Waals surface area contributed by atoms with Crippen molar-refractivity contribution in [3.05, 3.63) is 35.0 Å². The largest absolute Gasteiger partial charge is 0.352 e. The molecule has 2 amide bonds. The fourth-order valence-electron chi connectivity index (χ4n) is 1.75. The smallest absolute Gasteiger partial charge is 0.248 e. The third-order valence-corrected chi connectivity index (χ3v) is 3.41. The van der Waals surface area contributed by atoms with Gasteiger partial charge in [-0.3, -0.25) is 9.59 Å². The minimum atomic E-state index is -0.501. The van der Waals surface area contributed by atoms with E-state index >= 15 is 0 Å². The quantitative estimate of drug-likeness (QED) is 0.777. The molecule has 1 unspecified atom stereocenters. The number of amides is 2. The average Bonchev–Trinajstić information content (AvgIpc) is 2.81. The fraction of sp³-hybridized carbons (Fsp3) is 0.273. The molecule has 1 aromatic rings. The maximum atomic E-state index is 11.8. The topological polar surface area (TPSA) is 49.4 Å². The number of piperazine rings is 1. The molecule has 0 aromatic carbocycles. The molecule has 2 heterocycles. The summed E-state index contributed by atoms with van der Waals surface area (Å²) in [7, 11) is 0. The minimum absolute atomic E-state index is 0.121. The monoisotopic (exact) mass is 236 g/mol. The van der Waals surface area contributed by atoms with E-state index in [1.165, 1.54) is 17.4 Å². The summed E-state index contributed by atoms with van der Waals surface area (Å²) in [5, 5.41) is 4.67. The molecule has 0 radical (unpaired) electrons. The van der Waals surface area contributed by atoms with Gasteiger partial charge in [-0.25, -0.2) is 0 Å². The van der Waals surface area contributed by atoms with E-state index < -0.39 is 6.04 Å². The highest BCUT2D eigenvalue weighted by molar-refractivity contribution is 7.10. The maximum absolute atomic E-state index is 11.8. The van der Waals surface area contributed by atoms with Crippen LogP contribution < -0.4 is 5.32 Å². The van der Waals surface area contributed by atoms with E-state index in [9.17, 15) is 9.59 Å². The second-order valence-electron chi connectivity index (χ2n) is 3.44. The van der Waals surface area contributed by atoms with E-state index in [1.807, 2.05) is 17.5 Å². The SMILES string of the molecule is C=CC(=O)N1CCNC(=O)C1c1cccs1. The normalized spacial score (nSPS) is 20.4. The second-order valence-corrected chi connectivity index (χ2v) is 4.42. The zero-order valence-electron chi connectivity index (χ0n) is 8.68. The zero-order chi connectivity index (χ0) is 11.5. The molecule has 16 heavy (non-hydrogen) atoms. The van der Waals surface area contributed by atoms with Crippen molar-refractivity contribution in [2.45, 2.75) is 6.04 Å². The molecular formula is C11H12N2O2S. The van der Waals surface area contributed by atoms with E-state index in [2.05, 4.69) is 11.9 Å². The van der Waals surface area contributed by atoms with Gasteiger partial charge in [0.05, 0.1) is 0 Å². The van der Waals surface area contributed by atoms with Crippen LogP contribution in [0.2, 0.25) is 0 Å². The third kappa shape index (κ3) is 1.86. The van der Waals surface area contributed by atoms with Crippen LogP contribution in [-0.4, -0.2) is 29.8 Å². The molecule has 1 aliphatic heterocycles. The molecule has 4 nitrogen and oxygen atoms in total. The van der Waals surface area contributed by atoms with Crippen LogP contribution >= 0.6 is 11.3 Å². The van der Waals surface area contributed by atoms with Gasteiger partial charge in [-0.15, -0.1) is 11.3 Å². The van der Waals surface area contributed by atoms with Crippen LogP contribution in [0.3, 0.4) is 0 Å². The van der Waals surface area contributed by atoms with Crippen molar-refractivity contribution in [3.63, 3.8) is 0 Å². The average molecular weight is 236 g/mol. The number of nitrogens with zero attached hydrogens (tertiary/aromatic N) is 1. The molecule has 5 heteroatoms. The summed E-state index contributed by atoms with van der Waals surface area (Å²) in [6.45, 7) is 4.48. The molecule has 0 spiro atoms. The standard InChI is InChI=1S/C11H12N2O2S/c1-2-9(14)13-6-5-12-11(15)10(13)8-4-3-7-16-8/h2-4,7,10H,1,5-6H2,(H,12,15). The van der Waals surface area contributed by atoms with Gasteiger partial charge in [0.2, 0.25) is 11.8 Å². The number of hydrogen-bond donors (Lipinski definition) is 1. The first-order valence-corrected chi connectivity index (χ1v) is 5.86. The molecule has 1 N–H and O–H groups in total. The van der Waals surface area contributed by atoms with Crippen molar-refractivity contribution in [2.24, 2.45) is 0 Å². The predicted molar refractivity (Wildman–Crippen MR) is 62.0 cm³/mol. The Kier molecular flexibility index (Phi) is 3.05. The van der Waals surface area contributed by atoms with Gasteiger partial charge in [0.1, 0.15) is 6.04 Å². The Morgan fingerprint density at radius 2 is 2.50 bits per heavy atom. The first-order chi connectivity index (χ1) is 7.74. The third-order valence-electron chi connectivity index (χ3n) is 2.48. The molecule has 84 valence electrons. The van der Waals surface area contributed by atoms with Crippen molar-refractivity contribution in [1.82, 2.24) is 10.2 Å². The Hall–Kier alpha value is -1.62. The Labute approximate surface area is 97.6 Å². The number of nitrogens with one attached hydrogen (secondary N) is 1. The van der Waals surface area contributed by atoms with Gasteiger partial charge in [-0.1, -0.05) is 12.6 Å². The zero-order valence-corrected chi connectivity index (χ0v) is 9.50. The van der Waals surface area contributed by atoms with Crippen LogP contribution in [0.25, 0.3) is 0 Å². The highest BCUT2D eigenvalue weighted by Gasteiger charge is 2.33. The van der Waals surface area contributed by atoms with E-state index in [1.54, 1.807) is 4.90 Å². The number of hydrogen-bond acceptors (Lipinski definition) is 3. The van der Waals surface area contributed by atoms with Crippen LogP contribution in [-0.2, 0) is 9.59 Å². The summed E-state index contributed by atoms with van der Waals surface area (Å²) in [6, 6.07) is 3.24. The summed E-state index contributed by atoms with van der Waals surface area (Å²) in [6.07, 6.45) is 1.25. The van der Waals surface area contributed by atoms with Crippen LogP contribution in [0.4, 0.5) is 0 Å². The molecular weight excluding hydrogens is 224 g/mol. The van der Waals surface area contributed by atoms with Crippen LogP contribution in [0.1, 0.15) is 10.9 Å². The summed E-state index contributed by atoms with van der Waals surface area (Å²) in [4.78, 5) is 25.9. The number of carbonyl (C=O) groups is 2. The van der Waals surface area contributed by atoms with Crippen molar-refractivity contribution in [1.29, 1.82) is 0 Å². The van der Waals surface area contributed by atoms with Gasteiger partial charge in [0, 0.05) is 18.0 Å². The van der Waals surface area contributed by atoms with E-state index in [4.69, 9.17) is 0 Å². The molecule has 0 aliphatic carbocycles. The van der Waals surface area contributed by atoms with E-state index in [0.29, 0.717) is 13.1 Å². The molecule has 0 saturated carbocycles. The van der Waals surface area contributed by atoms with E-state index in [-0.39, 0.29) is 11.8 Å². The van der Waals surface area contributed by atoms with Crippen LogP contribution in [0.15, 0.2) is 30.2 Å². The minimum Gasteiger partial charge on any atom is -0.352 e. The molecule has 1 saturated heterocycles. The summed E-state index contributed by atoms with van der Waals surface area (Å²) in [5.41, 5.74) is 0. The van der Waals surface area contributed by atoms with Crippen molar-refractivity contribution in [3.8, 4) is 0 Å². The van der Waals surface area contributed by atoms with Crippen LogP contribution in [0, 0.1) is 0 Å². The van der Waals surface area contributed by atoms with Gasteiger partial charge in [0.25, 0.3) is 0 Å². The first kappa shape index (κ1) is 10.9. The molecule has 1 atom stereocenters. The lowest BCUT2D eigenvalue weighted by Crippen LogP contribution is -2.51. The number of carbonyl (C=O) groups excluding carboxylic acids is 2. The molecule has 1 aliphatic rings. The lowest BCUT2D eigenvalue weighted by atomic mass is 10.1. The first-order valence-electron chi connectivity index (χ1n) is 4.98. The molecule has 1 aromatic heterocycles. The Morgan fingerprint density at radius 3 is 3.12 bits per heavy atom. The van der Waals surface area contributed by atoms with Gasteiger partial charge < -0.3 is 10.2 Å². The van der Waals surface area contributed by atoms with Crippen LogP contribution in [0.5, 0.6) is 0 Å². The predicted octanol–water partition coefficient (Wildman–Crippen LogP) is 0.934. The number of rotatable bonds is 2. The lowest BCUT2D eigenvalue weighted by Gasteiger charge is -2.33. The van der Waals surface area contributed by atoms with Gasteiger partial charge in [-0.2, -0.15) is 0 Å². The van der Waals surface area contributed by atoms with E-state index in [0.717, 1.165) is 4.88 Å². The maximum Gasteiger partial charge on any atom is 0.248 e. The lowest BCUT2D eigenvalue weighted by molar-refractivity contribution is -0.140. The second kappa shape index (κ2) is 4.49. The molecule has 2 rings (SSSR count). The number of thiophene rings is 1. The Balaban J connectivity index is 2.31. The summed E-state index contributed by atoms with van der Waals surface area (Å²) in [5.74, 6) is -0.322. The van der Waals surface area contributed by atoms with Gasteiger partial charge >= 0.3 is 0 Å². The van der Waals surface area contributed by atoms with Gasteiger partial charge in [0.15, 0.2) is 0 Å². The van der Waals surface area contributed by atoms with Crippen molar-refractivity contribution < 1.29 is 9.59 Å². The van der Waals surface area contributed by atoms with Crippen molar-refractivity contribution >= 4 is 23.2 Å². The van der Waals surface area contributed by atoms with Gasteiger partial charge in [-0.05, 0) is 17.5 Å². The van der Waals surface area contributed by atoms with Crippen molar-refractivity contribution in [2.75, 3.05) is 13.1 Å². The molecule has 1 fully saturated rings. The Bertz CT molecular complexity index is 414. The summed E-state index contributed by atoms with van der Waals surface area (Å²) >= 11 is 1.48. The molecule has 0 bridgehead atoms. The highest BCUT2D eigenvalue weighted by Crippen LogP contribution is 2.27.